The van der Waals surface area contributed by atoms with Gasteiger partial charge in [0.05, 0.1) is 24.8 Å². The third kappa shape index (κ3) is 6.29. The molecule has 0 bridgehead atoms. The second-order valence-corrected chi connectivity index (χ2v) is 6.12. The summed E-state index contributed by atoms with van der Waals surface area (Å²) in [6, 6.07) is 13.4. The fourth-order valence-corrected chi connectivity index (χ4v) is 2.18. The molecule has 6 heteroatoms. The van der Waals surface area contributed by atoms with Crippen molar-refractivity contribution in [1.29, 1.82) is 0 Å². The third-order valence-corrected chi connectivity index (χ3v) is 3.62. The minimum Gasteiger partial charge on any atom is -0.374 e. The van der Waals surface area contributed by atoms with Crippen molar-refractivity contribution >= 4 is 11.8 Å². The van der Waals surface area contributed by atoms with E-state index in [1.54, 1.807) is 6.07 Å². The van der Waals surface area contributed by atoms with Gasteiger partial charge in [0.25, 0.3) is 5.91 Å². The molecule has 0 aliphatic rings. The highest BCUT2D eigenvalue weighted by Crippen LogP contribution is 2.07. The maximum absolute atomic E-state index is 13.5. The average Bonchev–Trinajstić information content (AvgIpc) is 2.64. The van der Waals surface area contributed by atoms with Crippen LogP contribution in [0.25, 0.3) is 0 Å². The Hall–Kier alpha value is -2.73. The van der Waals surface area contributed by atoms with Gasteiger partial charge in [-0.1, -0.05) is 36.4 Å². The van der Waals surface area contributed by atoms with Crippen LogP contribution >= 0.6 is 0 Å². The van der Waals surface area contributed by atoms with Gasteiger partial charge in [-0.2, -0.15) is 0 Å². The van der Waals surface area contributed by atoms with Crippen molar-refractivity contribution in [3.63, 3.8) is 0 Å². The predicted octanol–water partition coefficient (Wildman–Crippen LogP) is 2.80. The summed E-state index contributed by atoms with van der Waals surface area (Å²) in [5, 5.41) is 5.12. The first kappa shape index (κ1) is 19.6. The Morgan fingerprint density at radius 2 is 1.65 bits per heavy atom. The molecule has 0 aliphatic carbocycles. The Kier molecular flexibility index (Phi) is 7.29. The summed E-state index contributed by atoms with van der Waals surface area (Å²) < 4.78 is 19.0. The van der Waals surface area contributed by atoms with Gasteiger partial charge in [0.1, 0.15) is 5.82 Å². The molecule has 2 N–H and O–H groups in total. The highest BCUT2D eigenvalue weighted by Gasteiger charge is 2.11. The highest BCUT2D eigenvalue weighted by atomic mass is 19.1. The van der Waals surface area contributed by atoms with Crippen LogP contribution in [0, 0.1) is 5.82 Å². The summed E-state index contributed by atoms with van der Waals surface area (Å²) >= 11 is 0. The molecule has 2 amide bonds. The fraction of sp³-hybridized carbons (Fsp3) is 0.300. The Labute approximate surface area is 152 Å². The van der Waals surface area contributed by atoms with E-state index in [-0.39, 0.29) is 24.1 Å². The van der Waals surface area contributed by atoms with Crippen molar-refractivity contribution in [3.05, 3.63) is 71.0 Å². The molecular weight excluding hydrogens is 335 g/mol. The van der Waals surface area contributed by atoms with Crippen molar-refractivity contribution < 1.29 is 18.7 Å². The van der Waals surface area contributed by atoms with E-state index in [0.29, 0.717) is 13.2 Å². The van der Waals surface area contributed by atoms with Gasteiger partial charge < -0.3 is 15.4 Å². The zero-order valence-corrected chi connectivity index (χ0v) is 14.9. The molecule has 0 heterocycles. The van der Waals surface area contributed by atoms with Crippen LogP contribution in [0.2, 0.25) is 0 Å². The first-order valence-corrected chi connectivity index (χ1v) is 8.44. The smallest absolute Gasteiger partial charge is 0.254 e. The molecule has 0 saturated heterocycles. The van der Waals surface area contributed by atoms with Gasteiger partial charge in [-0.15, -0.1) is 0 Å². The molecule has 5 nitrogen and oxygen atoms in total. The second-order valence-electron chi connectivity index (χ2n) is 6.12. The molecule has 2 rings (SSSR count). The lowest BCUT2D eigenvalue weighted by Gasteiger charge is -2.09. The minimum atomic E-state index is -0.619. The third-order valence-electron chi connectivity index (χ3n) is 3.62. The molecule has 0 fully saturated rings. The maximum Gasteiger partial charge on any atom is 0.254 e. The molecule has 2 aromatic rings. The Bertz CT molecular complexity index is 745. The monoisotopic (exact) mass is 358 g/mol. The first-order chi connectivity index (χ1) is 12.5. The predicted molar refractivity (Wildman–Crippen MR) is 96.9 cm³/mol. The zero-order chi connectivity index (χ0) is 18.9. The Morgan fingerprint density at radius 3 is 2.31 bits per heavy atom. The number of carbonyl (C=O) groups excluding carboxylic acids is 2. The van der Waals surface area contributed by atoms with Gasteiger partial charge in [-0.25, -0.2) is 4.39 Å². The molecule has 0 unspecified atom stereocenters. The van der Waals surface area contributed by atoms with E-state index < -0.39 is 11.7 Å². The van der Waals surface area contributed by atoms with Crippen LogP contribution < -0.4 is 10.6 Å². The molecule has 26 heavy (non-hydrogen) atoms. The summed E-state index contributed by atoms with van der Waals surface area (Å²) in [6.07, 6.45) is 0.175. The van der Waals surface area contributed by atoms with Crippen LogP contribution in [0.4, 0.5) is 4.39 Å². The van der Waals surface area contributed by atoms with E-state index in [1.807, 2.05) is 38.1 Å². The van der Waals surface area contributed by atoms with Crippen molar-refractivity contribution in [2.45, 2.75) is 33.1 Å². The number of ether oxygens (including phenoxy) is 1. The SMILES string of the molecule is CC(C)OCc1ccc(CNC(=O)CNC(=O)c2ccccc2F)cc1. The number of hydrogen-bond donors (Lipinski definition) is 2. The van der Waals surface area contributed by atoms with Gasteiger partial charge in [0.2, 0.25) is 5.91 Å². The van der Waals surface area contributed by atoms with Crippen LogP contribution in [-0.2, 0) is 22.7 Å². The lowest BCUT2D eigenvalue weighted by atomic mass is 10.1. The van der Waals surface area contributed by atoms with Gasteiger partial charge in [-0.05, 0) is 37.1 Å². The van der Waals surface area contributed by atoms with Crippen molar-refractivity contribution in [2.75, 3.05) is 6.54 Å². The summed E-state index contributed by atoms with van der Waals surface area (Å²) in [5.41, 5.74) is 1.91. The van der Waals surface area contributed by atoms with Gasteiger partial charge in [0.15, 0.2) is 0 Å². The van der Waals surface area contributed by atoms with Crippen molar-refractivity contribution in [1.82, 2.24) is 10.6 Å². The summed E-state index contributed by atoms with van der Waals surface area (Å²) in [5.74, 6) is -1.58. The van der Waals surface area contributed by atoms with E-state index in [2.05, 4.69) is 10.6 Å². The van der Waals surface area contributed by atoms with E-state index in [9.17, 15) is 14.0 Å². The van der Waals surface area contributed by atoms with Crippen LogP contribution in [0.3, 0.4) is 0 Å². The average molecular weight is 358 g/mol. The Balaban J connectivity index is 1.75. The molecule has 2 aromatic carbocycles. The summed E-state index contributed by atoms with van der Waals surface area (Å²) in [7, 11) is 0. The van der Waals surface area contributed by atoms with Gasteiger partial charge in [0, 0.05) is 6.54 Å². The van der Waals surface area contributed by atoms with Crippen molar-refractivity contribution in [3.8, 4) is 0 Å². The topological polar surface area (TPSA) is 67.4 Å². The van der Waals surface area contributed by atoms with E-state index in [0.717, 1.165) is 11.1 Å². The van der Waals surface area contributed by atoms with E-state index in [4.69, 9.17) is 4.74 Å². The number of halogens is 1. The van der Waals surface area contributed by atoms with Crippen LogP contribution in [-0.4, -0.2) is 24.5 Å². The molecule has 0 atom stereocenters. The lowest BCUT2D eigenvalue weighted by molar-refractivity contribution is -0.120. The van der Waals surface area contributed by atoms with Crippen LogP contribution in [0.15, 0.2) is 48.5 Å². The van der Waals surface area contributed by atoms with Gasteiger partial charge >= 0.3 is 0 Å². The largest absolute Gasteiger partial charge is 0.374 e. The lowest BCUT2D eigenvalue weighted by Crippen LogP contribution is -2.36. The van der Waals surface area contributed by atoms with Crippen LogP contribution in [0.1, 0.15) is 35.3 Å². The first-order valence-electron chi connectivity index (χ1n) is 8.44. The number of rotatable bonds is 8. The van der Waals surface area contributed by atoms with E-state index >= 15 is 0 Å². The number of carbonyl (C=O) groups is 2. The number of benzene rings is 2. The normalized spacial score (nSPS) is 10.6. The molecule has 0 spiro atoms. The van der Waals surface area contributed by atoms with Crippen molar-refractivity contribution in [2.24, 2.45) is 0 Å². The standard InChI is InChI=1S/C20H23FN2O3/c1-14(2)26-13-16-9-7-15(8-10-16)11-22-19(24)12-23-20(25)17-5-3-4-6-18(17)21/h3-10,14H,11-13H2,1-2H3,(H,22,24)(H,23,25). The number of hydrogen-bond acceptors (Lipinski definition) is 3. The van der Waals surface area contributed by atoms with E-state index in [1.165, 1.54) is 18.2 Å². The molecule has 0 saturated carbocycles. The summed E-state index contributed by atoms with van der Waals surface area (Å²) in [6.45, 7) is 4.64. The molecule has 138 valence electrons. The number of amides is 2. The molecule has 0 aliphatic heterocycles. The van der Waals surface area contributed by atoms with Crippen LogP contribution in [0.5, 0.6) is 0 Å². The minimum absolute atomic E-state index is 0.0838. The zero-order valence-electron chi connectivity index (χ0n) is 14.9. The highest BCUT2D eigenvalue weighted by molar-refractivity contribution is 5.96. The quantitative estimate of drug-likeness (QED) is 0.762. The Morgan fingerprint density at radius 1 is 1.00 bits per heavy atom. The molecule has 0 radical (unpaired) electrons. The second kappa shape index (κ2) is 9.68. The summed E-state index contributed by atoms with van der Waals surface area (Å²) in [4.78, 5) is 23.7. The van der Waals surface area contributed by atoms with Gasteiger partial charge in [-0.3, -0.25) is 9.59 Å². The molecule has 0 aromatic heterocycles. The molecular formula is C20H23FN2O3. The number of nitrogens with one attached hydrogen (secondary N) is 2. The fourth-order valence-electron chi connectivity index (χ4n) is 2.18. The maximum atomic E-state index is 13.5.